The highest BCUT2D eigenvalue weighted by molar-refractivity contribution is 5.17. The van der Waals surface area contributed by atoms with Gasteiger partial charge in [0.2, 0.25) is 0 Å². The van der Waals surface area contributed by atoms with Crippen LogP contribution in [0.2, 0.25) is 0 Å². The molecule has 0 bridgehead atoms. The number of H-pyrrole nitrogens is 1. The van der Waals surface area contributed by atoms with Crippen LogP contribution in [-0.2, 0) is 13.0 Å². The number of fused-ring (bicyclic) bond motifs is 1. The Labute approximate surface area is 115 Å². The fraction of sp³-hybridized carbons (Fsp3) is 0.562. The molecule has 0 fully saturated rings. The quantitative estimate of drug-likeness (QED) is 0.844. The van der Waals surface area contributed by atoms with Gasteiger partial charge in [0, 0.05) is 26.1 Å². The monoisotopic (exact) mass is 257 g/mol. The molecule has 0 saturated carbocycles. The molecule has 3 heteroatoms. The number of allylic oxidation sites excluding steroid dienone is 2. The lowest BCUT2D eigenvalue weighted by Gasteiger charge is -2.29. The molecule has 3 nitrogen and oxygen atoms in total. The Hall–Kier alpha value is -1.35. The Morgan fingerprint density at radius 3 is 3.16 bits per heavy atom. The Bertz CT molecular complexity index is 498. The van der Waals surface area contributed by atoms with Crippen LogP contribution in [0.3, 0.4) is 0 Å². The van der Waals surface area contributed by atoms with Crippen LogP contribution in [0.25, 0.3) is 0 Å². The van der Waals surface area contributed by atoms with Crippen molar-refractivity contribution in [2.24, 2.45) is 5.92 Å². The fourth-order valence-electron chi connectivity index (χ4n) is 3.17. The van der Waals surface area contributed by atoms with Crippen molar-refractivity contribution < 1.29 is 0 Å². The van der Waals surface area contributed by atoms with Crippen LogP contribution in [0.15, 0.2) is 30.1 Å². The number of aromatic nitrogens is 2. The molecule has 1 aliphatic carbocycles. The summed E-state index contributed by atoms with van der Waals surface area (Å²) in [5.41, 5.74) is 5.52. The predicted molar refractivity (Wildman–Crippen MR) is 77.8 cm³/mol. The summed E-state index contributed by atoms with van der Waals surface area (Å²) in [5, 5.41) is 0. The van der Waals surface area contributed by atoms with Gasteiger partial charge in [0.1, 0.15) is 0 Å². The summed E-state index contributed by atoms with van der Waals surface area (Å²) in [6.45, 7) is 9.54. The fourth-order valence-corrected chi connectivity index (χ4v) is 3.17. The van der Waals surface area contributed by atoms with E-state index < -0.39 is 0 Å². The van der Waals surface area contributed by atoms with E-state index >= 15 is 0 Å². The van der Waals surface area contributed by atoms with Gasteiger partial charge in [-0.05, 0) is 32.1 Å². The molecule has 0 saturated heterocycles. The molecule has 3 rings (SSSR count). The topological polar surface area (TPSA) is 31.9 Å². The van der Waals surface area contributed by atoms with Crippen LogP contribution in [-0.4, -0.2) is 28.0 Å². The van der Waals surface area contributed by atoms with Gasteiger partial charge in [-0.3, -0.25) is 4.90 Å². The van der Waals surface area contributed by atoms with Gasteiger partial charge >= 0.3 is 0 Å². The first-order valence-corrected chi connectivity index (χ1v) is 7.29. The number of hydrogen-bond acceptors (Lipinski definition) is 2. The van der Waals surface area contributed by atoms with Crippen molar-refractivity contribution in [1.82, 2.24) is 14.9 Å². The molecule has 1 N–H and O–H groups in total. The van der Waals surface area contributed by atoms with E-state index in [1.807, 2.05) is 6.33 Å². The lowest BCUT2D eigenvalue weighted by atomic mass is 9.85. The molecular weight excluding hydrogens is 234 g/mol. The molecule has 2 aliphatic rings. The largest absolute Gasteiger partial charge is 0.347 e. The van der Waals surface area contributed by atoms with Crippen molar-refractivity contribution in [3.05, 3.63) is 41.5 Å². The van der Waals surface area contributed by atoms with Crippen molar-refractivity contribution in [3.8, 4) is 0 Å². The Kier molecular flexibility index (Phi) is 3.56. The predicted octanol–water partition coefficient (Wildman–Crippen LogP) is 3.07. The molecule has 2 heterocycles. The van der Waals surface area contributed by atoms with E-state index in [0.29, 0.717) is 5.92 Å². The highest BCUT2D eigenvalue weighted by Gasteiger charge is 2.21. The van der Waals surface area contributed by atoms with Crippen LogP contribution in [0.1, 0.15) is 37.6 Å². The van der Waals surface area contributed by atoms with Crippen molar-refractivity contribution in [1.29, 1.82) is 0 Å². The van der Waals surface area contributed by atoms with Gasteiger partial charge in [0.25, 0.3) is 0 Å². The summed E-state index contributed by atoms with van der Waals surface area (Å²) in [7, 11) is 0. The third kappa shape index (κ3) is 2.81. The second-order valence-corrected chi connectivity index (χ2v) is 5.97. The number of imidazole rings is 1. The van der Waals surface area contributed by atoms with E-state index in [1.165, 1.54) is 36.2 Å². The second kappa shape index (κ2) is 5.33. The first kappa shape index (κ1) is 12.7. The van der Waals surface area contributed by atoms with Crippen molar-refractivity contribution in [2.75, 3.05) is 13.1 Å². The number of hydrogen-bond donors (Lipinski definition) is 1. The number of nitrogens with zero attached hydrogens (tertiary/aromatic N) is 2. The number of rotatable bonds is 3. The first-order valence-electron chi connectivity index (χ1n) is 7.29. The molecule has 0 amide bonds. The summed E-state index contributed by atoms with van der Waals surface area (Å²) < 4.78 is 0. The smallest absolute Gasteiger partial charge is 0.0925 e. The molecule has 0 spiro atoms. The Balaban J connectivity index is 1.57. The SMILES string of the molecule is C=C(C)[C@@H]1CC=C(CN2CCc3nc[nH]c3C2)CC1. The average Bonchev–Trinajstić information content (AvgIpc) is 2.87. The lowest BCUT2D eigenvalue weighted by Crippen LogP contribution is -2.32. The van der Waals surface area contributed by atoms with E-state index in [0.717, 1.165) is 26.1 Å². The highest BCUT2D eigenvalue weighted by atomic mass is 15.1. The van der Waals surface area contributed by atoms with Gasteiger partial charge < -0.3 is 4.98 Å². The first-order chi connectivity index (χ1) is 9.22. The minimum absolute atomic E-state index is 0.712. The van der Waals surface area contributed by atoms with E-state index in [-0.39, 0.29) is 0 Å². The third-order valence-corrected chi connectivity index (χ3v) is 4.48. The van der Waals surface area contributed by atoms with Gasteiger partial charge in [0.15, 0.2) is 0 Å². The normalized spacial score (nSPS) is 23.8. The van der Waals surface area contributed by atoms with E-state index in [1.54, 1.807) is 5.57 Å². The van der Waals surface area contributed by atoms with Crippen molar-refractivity contribution >= 4 is 0 Å². The van der Waals surface area contributed by atoms with Crippen molar-refractivity contribution in [2.45, 2.75) is 39.2 Å². The number of aromatic amines is 1. The molecule has 19 heavy (non-hydrogen) atoms. The second-order valence-electron chi connectivity index (χ2n) is 5.97. The zero-order chi connectivity index (χ0) is 13.2. The van der Waals surface area contributed by atoms with Gasteiger partial charge in [0.05, 0.1) is 17.7 Å². The van der Waals surface area contributed by atoms with Crippen LogP contribution < -0.4 is 0 Å². The maximum absolute atomic E-state index is 4.36. The maximum atomic E-state index is 4.36. The van der Waals surface area contributed by atoms with Crippen LogP contribution in [0.5, 0.6) is 0 Å². The van der Waals surface area contributed by atoms with Crippen LogP contribution in [0.4, 0.5) is 0 Å². The summed E-state index contributed by atoms with van der Waals surface area (Å²) in [6.07, 6.45) is 9.07. The van der Waals surface area contributed by atoms with Crippen molar-refractivity contribution in [3.63, 3.8) is 0 Å². The maximum Gasteiger partial charge on any atom is 0.0925 e. The molecular formula is C16H23N3. The molecule has 0 aromatic carbocycles. The summed E-state index contributed by atoms with van der Waals surface area (Å²) in [5.74, 6) is 0.712. The molecule has 0 radical (unpaired) electrons. The highest BCUT2D eigenvalue weighted by Crippen LogP contribution is 2.29. The van der Waals surface area contributed by atoms with E-state index in [2.05, 4.69) is 34.4 Å². The van der Waals surface area contributed by atoms with E-state index in [9.17, 15) is 0 Å². The summed E-state index contributed by atoms with van der Waals surface area (Å²) in [6, 6.07) is 0. The van der Waals surface area contributed by atoms with Gasteiger partial charge in [-0.1, -0.05) is 23.8 Å². The van der Waals surface area contributed by atoms with Gasteiger partial charge in [-0.25, -0.2) is 4.98 Å². The van der Waals surface area contributed by atoms with Crippen LogP contribution >= 0.6 is 0 Å². The zero-order valence-corrected chi connectivity index (χ0v) is 11.8. The number of nitrogens with one attached hydrogen (secondary N) is 1. The Morgan fingerprint density at radius 1 is 1.53 bits per heavy atom. The van der Waals surface area contributed by atoms with E-state index in [4.69, 9.17) is 0 Å². The van der Waals surface area contributed by atoms with Gasteiger partial charge in [-0.2, -0.15) is 0 Å². The molecule has 102 valence electrons. The van der Waals surface area contributed by atoms with Gasteiger partial charge in [-0.15, -0.1) is 0 Å². The summed E-state index contributed by atoms with van der Waals surface area (Å²) in [4.78, 5) is 10.2. The Morgan fingerprint density at radius 2 is 2.42 bits per heavy atom. The summed E-state index contributed by atoms with van der Waals surface area (Å²) >= 11 is 0. The zero-order valence-electron chi connectivity index (χ0n) is 11.8. The minimum Gasteiger partial charge on any atom is -0.347 e. The molecule has 0 unspecified atom stereocenters. The standard InChI is InChI=1S/C16H23N3/c1-12(2)14-5-3-13(4-6-14)9-19-8-7-15-16(10-19)18-11-17-15/h3,11,14H,1,4-10H2,2H3,(H,17,18)/t14-/m1/s1. The minimum atomic E-state index is 0.712. The lowest BCUT2D eigenvalue weighted by molar-refractivity contribution is 0.266. The third-order valence-electron chi connectivity index (χ3n) is 4.48. The molecule has 1 aromatic rings. The average molecular weight is 257 g/mol. The van der Waals surface area contributed by atoms with Crippen LogP contribution in [0, 0.1) is 5.92 Å². The molecule has 1 aromatic heterocycles. The molecule has 1 atom stereocenters. The molecule has 1 aliphatic heterocycles.